The molecule has 0 fully saturated rings. The predicted octanol–water partition coefficient (Wildman–Crippen LogP) is 7.01. The molecule has 8 heteroatoms. The van der Waals surface area contributed by atoms with E-state index in [0.29, 0.717) is 30.2 Å². The Balaban J connectivity index is 1.87. The smallest absolute Gasteiger partial charge is 0.300 e. The summed E-state index contributed by atoms with van der Waals surface area (Å²) in [6.45, 7) is 4.63. The van der Waals surface area contributed by atoms with Gasteiger partial charge in [-0.15, -0.1) is 0 Å². The van der Waals surface area contributed by atoms with Crippen molar-refractivity contribution in [3.8, 4) is 16.9 Å². The standard InChI is InChI=1S/C27H28N6O2/c1-3-5-10-18-16-19(20-11-6-7-12-21(20)26(28)32-33-29)17-23(25(18)34-15-4-2)31-27-30-22-13-8-9-14-24(22)35-27/h3,5-9,11-14,16-17H,4,10,15H2,1-2H3,(H,30,31)(H3,28,29,32)/b5-3+. The minimum Gasteiger partial charge on any atom is -0.491 e. The van der Waals surface area contributed by atoms with E-state index in [0.717, 1.165) is 40.1 Å². The molecule has 4 aromatic rings. The quantitative estimate of drug-likeness (QED) is 0.0656. The molecule has 0 aliphatic carbocycles. The zero-order valence-electron chi connectivity index (χ0n) is 19.8. The first kappa shape index (κ1) is 23.7. The van der Waals surface area contributed by atoms with Gasteiger partial charge in [0.05, 0.1) is 12.3 Å². The van der Waals surface area contributed by atoms with E-state index in [2.05, 4.69) is 40.0 Å². The lowest BCUT2D eigenvalue weighted by molar-refractivity contribution is 0.316. The van der Waals surface area contributed by atoms with Crippen molar-refractivity contribution in [2.24, 2.45) is 5.22 Å². The van der Waals surface area contributed by atoms with E-state index in [1.807, 2.05) is 67.6 Å². The molecule has 1 heterocycles. The van der Waals surface area contributed by atoms with Gasteiger partial charge in [0.1, 0.15) is 17.1 Å². The summed E-state index contributed by atoms with van der Waals surface area (Å²) >= 11 is 0. The van der Waals surface area contributed by atoms with Gasteiger partial charge in [0, 0.05) is 11.1 Å². The van der Waals surface area contributed by atoms with E-state index in [1.54, 1.807) is 0 Å². The van der Waals surface area contributed by atoms with Gasteiger partial charge in [-0.05, 0) is 55.2 Å². The highest BCUT2D eigenvalue weighted by Gasteiger charge is 2.18. The average molecular weight is 469 g/mol. The molecule has 178 valence electrons. The predicted molar refractivity (Wildman–Crippen MR) is 139 cm³/mol. The van der Waals surface area contributed by atoms with E-state index in [4.69, 9.17) is 20.1 Å². The van der Waals surface area contributed by atoms with Gasteiger partial charge in [-0.3, -0.25) is 5.41 Å². The van der Waals surface area contributed by atoms with Crippen molar-refractivity contribution >= 4 is 28.6 Å². The van der Waals surface area contributed by atoms with Crippen molar-refractivity contribution in [2.75, 3.05) is 11.9 Å². The summed E-state index contributed by atoms with van der Waals surface area (Å²) in [6.07, 6.45) is 5.63. The lowest BCUT2D eigenvalue weighted by Gasteiger charge is -2.18. The van der Waals surface area contributed by atoms with Crippen LogP contribution >= 0.6 is 0 Å². The SMILES string of the molecule is C/C=C/Cc1cc(-c2ccccc2C(=N)NN=N)cc(Nc2nc3ccccc3o2)c1OCCC. The number of hydrogen-bond acceptors (Lipinski definition) is 7. The number of anilines is 2. The topological polar surface area (TPSA) is 119 Å². The number of para-hydroxylation sites is 2. The Bertz CT molecular complexity index is 1340. The summed E-state index contributed by atoms with van der Waals surface area (Å²) in [7, 11) is 0. The Kier molecular flexibility index (Phi) is 7.52. The maximum atomic E-state index is 8.31. The Labute approximate surface area is 204 Å². The molecule has 0 saturated carbocycles. The monoisotopic (exact) mass is 468 g/mol. The molecule has 4 rings (SSSR count). The van der Waals surface area contributed by atoms with Crippen LogP contribution in [0.4, 0.5) is 11.7 Å². The second-order valence-electron chi connectivity index (χ2n) is 7.89. The summed E-state index contributed by atoms with van der Waals surface area (Å²) in [4.78, 5) is 4.57. The highest BCUT2D eigenvalue weighted by atomic mass is 16.5. The van der Waals surface area contributed by atoms with E-state index >= 15 is 0 Å². The molecule has 0 amide bonds. The third-order valence-electron chi connectivity index (χ3n) is 5.40. The number of amidine groups is 1. The van der Waals surface area contributed by atoms with Gasteiger partial charge in [-0.2, -0.15) is 10.5 Å². The average Bonchev–Trinajstić information content (AvgIpc) is 3.29. The van der Waals surface area contributed by atoms with Crippen LogP contribution in [-0.2, 0) is 6.42 Å². The van der Waals surface area contributed by atoms with Crippen molar-refractivity contribution in [1.82, 2.24) is 10.4 Å². The molecule has 0 saturated heterocycles. The summed E-state index contributed by atoms with van der Waals surface area (Å²) in [5, 5.41) is 14.8. The summed E-state index contributed by atoms with van der Waals surface area (Å²) in [5.74, 6) is 0.785. The van der Waals surface area contributed by atoms with Crippen LogP contribution in [0.25, 0.3) is 22.2 Å². The normalized spacial score (nSPS) is 11.0. The van der Waals surface area contributed by atoms with Gasteiger partial charge >= 0.3 is 0 Å². The van der Waals surface area contributed by atoms with E-state index in [9.17, 15) is 0 Å². The van der Waals surface area contributed by atoms with Crippen LogP contribution < -0.4 is 15.5 Å². The highest BCUT2D eigenvalue weighted by Crippen LogP contribution is 2.38. The van der Waals surface area contributed by atoms with E-state index in [-0.39, 0.29) is 5.84 Å². The minimum atomic E-state index is 0.0466. The fraction of sp³-hybridized carbons (Fsp3) is 0.185. The molecule has 3 aromatic carbocycles. The molecule has 0 atom stereocenters. The maximum absolute atomic E-state index is 8.31. The molecule has 35 heavy (non-hydrogen) atoms. The molecule has 4 N–H and O–H groups in total. The van der Waals surface area contributed by atoms with Crippen LogP contribution in [0.15, 0.2) is 82.5 Å². The molecule has 0 spiro atoms. The number of nitrogens with one attached hydrogen (secondary N) is 4. The fourth-order valence-electron chi connectivity index (χ4n) is 3.82. The third kappa shape index (κ3) is 5.38. The number of rotatable bonds is 10. The molecule has 0 aliphatic heterocycles. The van der Waals surface area contributed by atoms with Crippen LogP contribution in [0.1, 0.15) is 31.4 Å². The number of hydrogen-bond donors (Lipinski definition) is 4. The van der Waals surface area contributed by atoms with Gasteiger partial charge < -0.3 is 14.5 Å². The van der Waals surface area contributed by atoms with Gasteiger partial charge in [-0.25, -0.2) is 5.43 Å². The Hall–Kier alpha value is -4.46. The Morgan fingerprint density at radius 3 is 2.71 bits per heavy atom. The second kappa shape index (κ2) is 11.1. The van der Waals surface area contributed by atoms with Crippen LogP contribution in [-0.4, -0.2) is 17.4 Å². The van der Waals surface area contributed by atoms with Gasteiger partial charge in [0.15, 0.2) is 5.58 Å². The molecule has 0 unspecified atom stereocenters. The third-order valence-corrected chi connectivity index (χ3v) is 5.40. The van der Waals surface area contributed by atoms with Gasteiger partial charge in [0.2, 0.25) is 0 Å². The van der Waals surface area contributed by atoms with Crippen LogP contribution in [0.2, 0.25) is 0 Å². The van der Waals surface area contributed by atoms with Crippen LogP contribution in [0.3, 0.4) is 0 Å². The van der Waals surface area contributed by atoms with Crippen molar-refractivity contribution in [3.63, 3.8) is 0 Å². The Morgan fingerprint density at radius 2 is 1.94 bits per heavy atom. The number of oxazole rings is 1. The van der Waals surface area contributed by atoms with Crippen LogP contribution in [0.5, 0.6) is 5.75 Å². The molecular weight excluding hydrogens is 440 g/mol. The lowest BCUT2D eigenvalue weighted by Crippen LogP contribution is -2.17. The number of allylic oxidation sites excluding steroid dienone is 2. The van der Waals surface area contributed by atoms with Crippen molar-refractivity contribution in [1.29, 1.82) is 10.9 Å². The van der Waals surface area contributed by atoms with E-state index in [1.165, 1.54) is 0 Å². The zero-order chi connectivity index (χ0) is 24.6. The first-order chi connectivity index (χ1) is 17.1. The minimum absolute atomic E-state index is 0.0466. The number of nitrogens with zero attached hydrogens (tertiary/aromatic N) is 2. The largest absolute Gasteiger partial charge is 0.491 e. The van der Waals surface area contributed by atoms with Crippen molar-refractivity contribution in [2.45, 2.75) is 26.7 Å². The van der Waals surface area contributed by atoms with Crippen molar-refractivity contribution < 1.29 is 9.15 Å². The molecule has 0 bridgehead atoms. The zero-order valence-corrected chi connectivity index (χ0v) is 19.8. The summed E-state index contributed by atoms with van der Waals surface area (Å²) < 4.78 is 12.1. The lowest BCUT2D eigenvalue weighted by atomic mass is 9.95. The Morgan fingerprint density at radius 1 is 1.14 bits per heavy atom. The van der Waals surface area contributed by atoms with Crippen molar-refractivity contribution in [3.05, 3.63) is 83.9 Å². The maximum Gasteiger partial charge on any atom is 0.300 e. The number of ether oxygens (including phenoxy) is 1. The molecular formula is C27H28N6O2. The first-order valence-electron chi connectivity index (χ1n) is 11.5. The summed E-state index contributed by atoms with van der Waals surface area (Å²) in [6, 6.07) is 19.6. The summed E-state index contributed by atoms with van der Waals surface area (Å²) in [5.41, 5.74) is 15.0. The van der Waals surface area contributed by atoms with Gasteiger partial charge in [0.25, 0.3) is 6.01 Å². The number of fused-ring (bicyclic) bond motifs is 1. The second-order valence-corrected chi connectivity index (χ2v) is 7.89. The first-order valence-corrected chi connectivity index (χ1v) is 11.5. The molecule has 0 radical (unpaired) electrons. The van der Waals surface area contributed by atoms with Gasteiger partial charge in [-0.1, -0.05) is 60.7 Å². The molecule has 0 aliphatic rings. The highest BCUT2D eigenvalue weighted by molar-refractivity contribution is 6.02. The number of benzene rings is 3. The molecule has 1 aromatic heterocycles. The fourth-order valence-corrected chi connectivity index (χ4v) is 3.82. The molecule has 8 nitrogen and oxygen atoms in total. The van der Waals surface area contributed by atoms with E-state index < -0.39 is 0 Å². The van der Waals surface area contributed by atoms with Crippen LogP contribution in [0, 0.1) is 10.9 Å². The number of aromatic nitrogens is 1.